The maximum absolute atomic E-state index is 12.3. The largest absolute Gasteiger partial charge is 0.364 e. The predicted molar refractivity (Wildman–Crippen MR) is 104 cm³/mol. The lowest BCUT2D eigenvalue weighted by Gasteiger charge is -2.18. The zero-order chi connectivity index (χ0) is 19.5. The van der Waals surface area contributed by atoms with Crippen molar-refractivity contribution in [3.05, 3.63) is 72.4 Å². The average Bonchev–Trinajstić information content (AvgIpc) is 2.92. The third kappa shape index (κ3) is 5.05. The van der Waals surface area contributed by atoms with Crippen LogP contribution in [0.3, 0.4) is 0 Å². The Bertz CT molecular complexity index is 721. The summed E-state index contributed by atoms with van der Waals surface area (Å²) >= 11 is 0. The minimum absolute atomic E-state index is 0.228. The third-order valence-electron chi connectivity index (χ3n) is 3.58. The van der Waals surface area contributed by atoms with Crippen molar-refractivity contribution in [2.45, 2.75) is 33.4 Å². The van der Waals surface area contributed by atoms with Gasteiger partial charge >= 0.3 is 0 Å². The van der Waals surface area contributed by atoms with Crippen LogP contribution in [-0.2, 0) is 20.9 Å². The minimum Gasteiger partial charge on any atom is -0.364 e. The number of imide groups is 1. The molecule has 26 heavy (non-hydrogen) atoms. The van der Waals surface area contributed by atoms with E-state index in [9.17, 15) is 9.59 Å². The summed E-state index contributed by atoms with van der Waals surface area (Å²) in [7, 11) is 0. The first-order chi connectivity index (χ1) is 12.6. The van der Waals surface area contributed by atoms with Crippen LogP contribution in [0.1, 0.15) is 26.3 Å². The molecule has 0 N–H and O–H groups in total. The van der Waals surface area contributed by atoms with E-state index in [1.54, 1.807) is 6.92 Å². The molecule has 0 radical (unpaired) electrons. The molecule has 0 fully saturated rings. The molecule has 0 aliphatic carbocycles. The number of hydrogen-bond acceptors (Lipinski definition) is 3. The summed E-state index contributed by atoms with van der Waals surface area (Å²) in [5, 5.41) is 0. The lowest BCUT2D eigenvalue weighted by atomic mass is 10.1. The van der Waals surface area contributed by atoms with Gasteiger partial charge in [-0.2, -0.15) is 0 Å². The van der Waals surface area contributed by atoms with E-state index in [0.717, 1.165) is 10.5 Å². The third-order valence-corrected chi connectivity index (χ3v) is 3.58. The quantitative estimate of drug-likeness (QED) is 0.446. The Morgan fingerprint density at radius 2 is 1.62 bits per heavy atom. The molecule has 0 bridgehead atoms. The molecule has 2 amide bonds. The maximum Gasteiger partial charge on any atom is 0.262 e. The number of amides is 2. The second kappa shape index (κ2) is 10.9. The van der Waals surface area contributed by atoms with Crippen molar-refractivity contribution in [1.82, 2.24) is 4.90 Å². The van der Waals surface area contributed by atoms with Gasteiger partial charge in [-0.15, -0.1) is 0 Å². The molecule has 1 aliphatic heterocycles. The first-order valence-corrected chi connectivity index (χ1v) is 8.57. The number of benzene rings is 1. The molecule has 0 aromatic heterocycles. The van der Waals surface area contributed by atoms with E-state index in [1.165, 1.54) is 12.2 Å². The summed E-state index contributed by atoms with van der Waals surface area (Å²) in [6.07, 6.45) is 2.75. The highest BCUT2D eigenvalue weighted by Gasteiger charge is 2.37. The van der Waals surface area contributed by atoms with Gasteiger partial charge in [0.25, 0.3) is 11.8 Å². The first kappa shape index (κ1) is 21.1. The summed E-state index contributed by atoms with van der Waals surface area (Å²) in [4.78, 5) is 25.6. The molecule has 1 aromatic rings. The van der Waals surface area contributed by atoms with Crippen LogP contribution in [0.4, 0.5) is 0 Å². The standard InChI is InChI=1S/C20H19NO3.C2H6/c1-4-17-18(5-2)20(23)21(19(17)22)15(3)10-9-13-24-14-16-11-7-6-8-12-16;1-2/h4-8,11-12,15H,1-2,13-14H2,3H3;1-2H3. The van der Waals surface area contributed by atoms with Crippen molar-refractivity contribution in [2.24, 2.45) is 0 Å². The van der Waals surface area contributed by atoms with Crippen molar-refractivity contribution >= 4 is 11.8 Å². The highest BCUT2D eigenvalue weighted by Crippen LogP contribution is 2.24. The van der Waals surface area contributed by atoms with Crippen LogP contribution in [0.5, 0.6) is 0 Å². The molecule has 1 unspecified atom stereocenters. The Morgan fingerprint density at radius 1 is 1.08 bits per heavy atom. The number of carbonyl (C=O) groups excluding carboxylic acids is 2. The van der Waals surface area contributed by atoms with Crippen LogP contribution < -0.4 is 0 Å². The fourth-order valence-corrected chi connectivity index (χ4v) is 2.38. The zero-order valence-corrected chi connectivity index (χ0v) is 15.6. The molecular formula is C22H25NO3. The zero-order valence-electron chi connectivity index (χ0n) is 15.6. The highest BCUT2D eigenvalue weighted by atomic mass is 16.5. The summed E-state index contributed by atoms with van der Waals surface area (Å²) in [6.45, 7) is 13.5. The van der Waals surface area contributed by atoms with Gasteiger partial charge < -0.3 is 4.74 Å². The van der Waals surface area contributed by atoms with Crippen LogP contribution in [0.15, 0.2) is 66.8 Å². The van der Waals surface area contributed by atoms with Gasteiger partial charge in [-0.25, -0.2) is 0 Å². The van der Waals surface area contributed by atoms with Crippen molar-refractivity contribution < 1.29 is 14.3 Å². The van der Waals surface area contributed by atoms with Crippen molar-refractivity contribution in [3.8, 4) is 11.8 Å². The number of carbonyl (C=O) groups is 2. The number of rotatable bonds is 6. The van der Waals surface area contributed by atoms with E-state index in [4.69, 9.17) is 4.74 Å². The van der Waals surface area contributed by atoms with Gasteiger partial charge in [-0.05, 0) is 12.5 Å². The number of nitrogens with zero attached hydrogens (tertiary/aromatic N) is 1. The van der Waals surface area contributed by atoms with Crippen molar-refractivity contribution in [2.75, 3.05) is 6.61 Å². The van der Waals surface area contributed by atoms with E-state index in [0.29, 0.717) is 6.61 Å². The second-order valence-corrected chi connectivity index (χ2v) is 5.19. The summed E-state index contributed by atoms with van der Waals surface area (Å²) in [5.74, 6) is 4.94. The Hall–Kier alpha value is -2.90. The van der Waals surface area contributed by atoms with E-state index >= 15 is 0 Å². The van der Waals surface area contributed by atoms with E-state index in [1.807, 2.05) is 44.2 Å². The molecule has 0 spiro atoms. The van der Waals surface area contributed by atoms with Crippen LogP contribution >= 0.6 is 0 Å². The van der Waals surface area contributed by atoms with Crippen molar-refractivity contribution in [1.29, 1.82) is 0 Å². The van der Waals surface area contributed by atoms with Gasteiger partial charge in [0.05, 0.1) is 23.8 Å². The highest BCUT2D eigenvalue weighted by molar-refractivity contribution is 6.22. The van der Waals surface area contributed by atoms with E-state index in [2.05, 4.69) is 25.0 Å². The summed E-state index contributed by atoms with van der Waals surface area (Å²) in [6, 6.07) is 9.22. The van der Waals surface area contributed by atoms with Crippen LogP contribution in [0, 0.1) is 11.8 Å². The summed E-state index contributed by atoms with van der Waals surface area (Å²) in [5.41, 5.74) is 1.60. The molecule has 4 nitrogen and oxygen atoms in total. The molecule has 1 heterocycles. The lowest BCUT2D eigenvalue weighted by Crippen LogP contribution is -2.38. The molecular weight excluding hydrogens is 326 g/mol. The number of hydrogen-bond donors (Lipinski definition) is 0. The van der Waals surface area contributed by atoms with E-state index < -0.39 is 17.9 Å². The maximum atomic E-state index is 12.3. The van der Waals surface area contributed by atoms with E-state index in [-0.39, 0.29) is 17.8 Å². The van der Waals surface area contributed by atoms with Gasteiger partial charge in [0.2, 0.25) is 0 Å². The lowest BCUT2D eigenvalue weighted by molar-refractivity contribution is -0.138. The average molecular weight is 351 g/mol. The molecule has 0 saturated heterocycles. The van der Waals surface area contributed by atoms with Gasteiger partial charge in [-0.1, -0.05) is 81.3 Å². The van der Waals surface area contributed by atoms with Crippen LogP contribution in [-0.4, -0.2) is 29.4 Å². The molecule has 1 aromatic carbocycles. The van der Waals surface area contributed by atoms with Gasteiger partial charge in [-0.3, -0.25) is 14.5 Å². The van der Waals surface area contributed by atoms with Crippen molar-refractivity contribution in [3.63, 3.8) is 0 Å². The normalized spacial score (nSPS) is 14.2. The Morgan fingerprint density at radius 3 is 2.12 bits per heavy atom. The Kier molecular flexibility index (Phi) is 8.83. The monoisotopic (exact) mass is 351 g/mol. The number of ether oxygens (including phenoxy) is 1. The van der Waals surface area contributed by atoms with Gasteiger partial charge in [0.15, 0.2) is 0 Å². The summed E-state index contributed by atoms with van der Waals surface area (Å²) < 4.78 is 5.47. The fraction of sp³-hybridized carbons (Fsp3) is 0.273. The molecule has 4 heteroatoms. The van der Waals surface area contributed by atoms with Crippen LogP contribution in [0.2, 0.25) is 0 Å². The molecule has 1 aliphatic rings. The van der Waals surface area contributed by atoms with Crippen LogP contribution in [0.25, 0.3) is 0 Å². The van der Waals surface area contributed by atoms with Gasteiger partial charge in [0.1, 0.15) is 6.61 Å². The fourth-order valence-electron chi connectivity index (χ4n) is 2.38. The van der Waals surface area contributed by atoms with Gasteiger partial charge in [0, 0.05) is 0 Å². The first-order valence-electron chi connectivity index (χ1n) is 8.57. The minimum atomic E-state index is -0.544. The molecule has 2 rings (SSSR count). The molecule has 136 valence electrons. The SMILES string of the molecule is C=CC1=C(C=C)C(=O)N(C(C)C#CCOCc2ccccc2)C1=O.CC. The Balaban J connectivity index is 0.00000163. The molecule has 0 saturated carbocycles. The second-order valence-electron chi connectivity index (χ2n) is 5.19. The topological polar surface area (TPSA) is 46.6 Å². The Labute approximate surface area is 155 Å². The smallest absolute Gasteiger partial charge is 0.262 e. The molecule has 1 atom stereocenters. The predicted octanol–water partition coefficient (Wildman–Crippen LogP) is 3.66.